The summed E-state index contributed by atoms with van der Waals surface area (Å²) in [5, 5.41) is 3.64. The summed E-state index contributed by atoms with van der Waals surface area (Å²) in [6.45, 7) is 11.7. The van der Waals surface area contributed by atoms with Crippen molar-refractivity contribution in [2.24, 2.45) is 5.92 Å². The van der Waals surface area contributed by atoms with Crippen LogP contribution in [-0.4, -0.2) is 18.0 Å². The quantitative estimate of drug-likeness (QED) is 0.113. The molecule has 6 aromatic carbocycles. The Kier molecular flexibility index (Phi) is 12.4. The Balaban J connectivity index is 0.000000208. The van der Waals surface area contributed by atoms with Crippen LogP contribution in [0, 0.1) is 18.1 Å². The van der Waals surface area contributed by atoms with E-state index in [-0.39, 0.29) is 20.1 Å². The van der Waals surface area contributed by atoms with Crippen LogP contribution < -0.4 is 5.19 Å². The van der Waals surface area contributed by atoms with E-state index in [2.05, 4.69) is 183 Å². The maximum absolute atomic E-state index is 6.42. The van der Waals surface area contributed by atoms with Crippen LogP contribution in [0.25, 0.3) is 77.8 Å². The van der Waals surface area contributed by atoms with Gasteiger partial charge in [0.15, 0.2) is 0 Å². The van der Waals surface area contributed by atoms with E-state index in [9.17, 15) is 0 Å². The summed E-state index contributed by atoms with van der Waals surface area (Å²) in [7, 11) is -1.34. The molecule has 58 heavy (non-hydrogen) atoms. The molecule has 0 aliphatic carbocycles. The topological polar surface area (TPSA) is 38.9 Å². The van der Waals surface area contributed by atoms with Gasteiger partial charge < -0.3 is 14.4 Å². The van der Waals surface area contributed by atoms with Gasteiger partial charge in [0.1, 0.15) is 5.58 Å². The summed E-state index contributed by atoms with van der Waals surface area (Å²) in [5.74, 6) is 0.667. The number of rotatable bonds is 8. The van der Waals surface area contributed by atoms with Crippen molar-refractivity contribution in [3.8, 4) is 55.9 Å². The van der Waals surface area contributed by atoms with Gasteiger partial charge in [0, 0.05) is 37.9 Å². The van der Waals surface area contributed by atoms with Crippen LogP contribution in [0.3, 0.4) is 0 Å². The molecule has 3 aromatic heterocycles. The van der Waals surface area contributed by atoms with Gasteiger partial charge in [0.25, 0.3) is 0 Å². The molecule has 9 aromatic rings. The number of benzene rings is 6. The molecule has 0 aliphatic rings. The molecule has 5 heteroatoms. The molecule has 0 amide bonds. The van der Waals surface area contributed by atoms with Crippen molar-refractivity contribution in [1.29, 1.82) is 0 Å². The van der Waals surface area contributed by atoms with Crippen LogP contribution in [0.4, 0.5) is 0 Å². The molecule has 1 radical (unpaired) electrons. The zero-order valence-corrected chi connectivity index (χ0v) is 37.0. The van der Waals surface area contributed by atoms with E-state index in [1.807, 2.05) is 42.6 Å². The first kappa shape index (κ1) is 40.5. The Labute approximate surface area is 357 Å². The monoisotopic (exact) mass is 947 g/mol. The molecule has 0 saturated heterocycles. The number of furan rings is 1. The van der Waals surface area contributed by atoms with E-state index >= 15 is 0 Å². The Morgan fingerprint density at radius 3 is 1.97 bits per heavy atom. The van der Waals surface area contributed by atoms with Gasteiger partial charge in [0.2, 0.25) is 0 Å². The van der Waals surface area contributed by atoms with Crippen molar-refractivity contribution in [2.75, 3.05) is 0 Å². The molecule has 9 rings (SSSR count). The van der Waals surface area contributed by atoms with E-state index in [1.54, 1.807) is 0 Å². The fourth-order valence-electron chi connectivity index (χ4n) is 7.56. The number of nitrogens with zero attached hydrogens (tertiary/aromatic N) is 2. The third-order valence-electron chi connectivity index (χ3n) is 10.3. The van der Waals surface area contributed by atoms with Crippen molar-refractivity contribution in [1.82, 2.24) is 9.97 Å². The van der Waals surface area contributed by atoms with Crippen LogP contribution in [0.2, 0.25) is 19.6 Å². The number of hydrogen-bond acceptors (Lipinski definition) is 3. The van der Waals surface area contributed by atoms with Crippen molar-refractivity contribution in [3.63, 3.8) is 0 Å². The normalized spacial score (nSPS) is 11.3. The molecular weight excluding hydrogens is 901 g/mol. The molecule has 0 saturated carbocycles. The maximum Gasteiger partial charge on any atom is 0.120 e. The van der Waals surface area contributed by atoms with Crippen LogP contribution in [0.15, 0.2) is 175 Å². The van der Waals surface area contributed by atoms with E-state index in [0.29, 0.717) is 5.92 Å². The number of hydrogen-bond donors (Lipinski definition) is 0. The predicted octanol–water partition coefficient (Wildman–Crippen LogP) is 13.7. The van der Waals surface area contributed by atoms with Crippen LogP contribution in [0.5, 0.6) is 0 Å². The van der Waals surface area contributed by atoms with E-state index in [4.69, 9.17) is 4.42 Å². The Morgan fingerprint density at radius 1 is 0.586 bits per heavy atom. The summed E-state index contributed by atoms with van der Waals surface area (Å²) in [5.41, 5.74) is 14.0. The molecule has 0 unspecified atom stereocenters. The zero-order chi connectivity index (χ0) is 39.4. The number of aromatic nitrogens is 2. The average molecular weight is 947 g/mol. The standard InChI is InChI=1S/C35H22NO.C18H24NSi.Ir/c1-3-10-24(11-4-1)26-20-21-36-33(23-26)31-17-9-16-30-32-22-27(18-19-34(32)37-35(30)31)29-15-8-7-14-28(29)25-12-5-2-6-13-25;1-14(2)11-16-12-17(15-9-7-6-8-10-15)19-13-18(16)20(3,4)5;/h1-16,18-23H;6-9,12-14H,11H2,1-5H3;/q2*-1;. The first-order valence-corrected chi connectivity index (χ1v) is 23.2. The van der Waals surface area contributed by atoms with Gasteiger partial charge in [-0.2, -0.15) is 0 Å². The van der Waals surface area contributed by atoms with Crippen molar-refractivity contribution in [3.05, 3.63) is 188 Å². The third kappa shape index (κ3) is 8.88. The summed E-state index contributed by atoms with van der Waals surface area (Å²) in [4.78, 5) is 9.36. The second-order valence-electron chi connectivity index (χ2n) is 16.0. The van der Waals surface area contributed by atoms with Crippen LogP contribution in [-0.2, 0) is 26.5 Å². The van der Waals surface area contributed by atoms with E-state index in [0.717, 1.165) is 67.6 Å². The molecule has 0 atom stereocenters. The Morgan fingerprint density at radius 2 is 1.28 bits per heavy atom. The fourth-order valence-corrected chi connectivity index (χ4v) is 9.15. The molecule has 0 fully saturated rings. The molecule has 0 spiro atoms. The Bertz CT molecular complexity index is 2770. The third-order valence-corrected chi connectivity index (χ3v) is 12.4. The van der Waals surface area contributed by atoms with Gasteiger partial charge in [-0.25, -0.2) is 0 Å². The predicted molar refractivity (Wildman–Crippen MR) is 242 cm³/mol. The van der Waals surface area contributed by atoms with Crippen molar-refractivity contribution in [2.45, 2.75) is 39.9 Å². The Hall–Kier alpha value is -5.71. The first-order valence-electron chi connectivity index (χ1n) is 19.7. The molecule has 289 valence electrons. The minimum absolute atomic E-state index is 0. The van der Waals surface area contributed by atoms with Gasteiger partial charge in [-0.1, -0.05) is 153 Å². The van der Waals surface area contributed by atoms with Crippen LogP contribution in [0.1, 0.15) is 19.4 Å². The van der Waals surface area contributed by atoms with Gasteiger partial charge in [-0.05, 0) is 80.5 Å². The number of pyridine rings is 2. The van der Waals surface area contributed by atoms with Gasteiger partial charge in [-0.3, -0.25) is 0 Å². The SMILES string of the molecule is CC(C)Cc1cc(-c2[c-]cccc2)ncc1[Si](C)(C)C.[Ir].[c-]1ccc2c(oc3ccc(-c4ccccc4-c4ccccc4)cc32)c1-c1cc(-c2ccccc2)ccn1. The molecule has 3 nitrogen and oxygen atoms in total. The molecule has 0 aliphatic heterocycles. The molecule has 0 bridgehead atoms. The van der Waals surface area contributed by atoms with E-state index < -0.39 is 8.07 Å². The second-order valence-corrected chi connectivity index (χ2v) is 21.0. The molecular formula is C53H46IrN2OSi-2. The maximum atomic E-state index is 6.42. The second kappa shape index (κ2) is 17.8. The van der Waals surface area contributed by atoms with Crippen molar-refractivity contribution >= 4 is 35.2 Å². The van der Waals surface area contributed by atoms with Gasteiger partial charge >= 0.3 is 0 Å². The molecule has 3 heterocycles. The number of fused-ring (bicyclic) bond motifs is 3. The van der Waals surface area contributed by atoms with E-state index in [1.165, 1.54) is 27.4 Å². The average Bonchev–Trinajstić information content (AvgIpc) is 3.62. The molecule has 0 N–H and O–H groups in total. The van der Waals surface area contributed by atoms with Gasteiger partial charge in [0.05, 0.1) is 13.7 Å². The fraction of sp³-hybridized carbons (Fsp3) is 0.132. The smallest absolute Gasteiger partial charge is 0.120 e. The van der Waals surface area contributed by atoms with Gasteiger partial charge in [-0.15, -0.1) is 54.1 Å². The largest absolute Gasteiger partial charge is 0.501 e. The van der Waals surface area contributed by atoms with Crippen LogP contribution >= 0.6 is 0 Å². The minimum atomic E-state index is -1.34. The summed E-state index contributed by atoms with van der Waals surface area (Å²) >= 11 is 0. The first-order chi connectivity index (χ1) is 27.7. The summed E-state index contributed by atoms with van der Waals surface area (Å²) < 4.78 is 6.42. The van der Waals surface area contributed by atoms with Crippen molar-refractivity contribution < 1.29 is 24.5 Å². The summed E-state index contributed by atoms with van der Waals surface area (Å²) in [6.07, 6.45) is 5.09. The zero-order valence-electron chi connectivity index (χ0n) is 33.6. The minimum Gasteiger partial charge on any atom is -0.501 e. The summed E-state index contributed by atoms with van der Waals surface area (Å²) in [6, 6.07) is 61.1.